The first-order chi connectivity index (χ1) is 13.9. The van der Waals surface area contributed by atoms with E-state index in [2.05, 4.69) is 5.32 Å². The number of halogens is 1. The largest absolute Gasteiger partial charge is 0.480 e. The monoisotopic (exact) mass is 395 g/mol. The van der Waals surface area contributed by atoms with Gasteiger partial charge in [0, 0.05) is 12.0 Å². The predicted octanol–water partition coefficient (Wildman–Crippen LogP) is 2.57. The number of nitrogens with zero attached hydrogens (tertiary/aromatic N) is 2. The van der Waals surface area contributed by atoms with E-state index in [0.717, 1.165) is 24.9 Å². The number of hydrogen-bond donors (Lipinski definition) is 2. The van der Waals surface area contributed by atoms with Gasteiger partial charge in [0.25, 0.3) is 0 Å². The number of rotatable bonds is 6. The van der Waals surface area contributed by atoms with E-state index in [4.69, 9.17) is 0 Å². The summed E-state index contributed by atoms with van der Waals surface area (Å²) in [7, 11) is 1.85. The van der Waals surface area contributed by atoms with Crippen LogP contribution in [0, 0.1) is 17.1 Å². The summed E-state index contributed by atoms with van der Waals surface area (Å²) in [5.41, 5.74) is 1.83. The van der Waals surface area contributed by atoms with E-state index in [1.807, 2.05) is 18.0 Å². The Kier molecular flexibility index (Phi) is 6.25. The number of nitrogens with one attached hydrogen (secondary N) is 1. The van der Waals surface area contributed by atoms with Crippen LogP contribution in [0.4, 0.5) is 4.39 Å². The summed E-state index contributed by atoms with van der Waals surface area (Å²) in [6, 6.07) is 11.9. The van der Waals surface area contributed by atoms with Crippen molar-refractivity contribution >= 4 is 11.9 Å². The highest BCUT2D eigenvalue weighted by Gasteiger charge is 2.30. The molecular weight excluding hydrogens is 373 g/mol. The molecule has 2 atom stereocenters. The number of aliphatic carboxylic acids is 1. The molecule has 1 saturated heterocycles. The van der Waals surface area contributed by atoms with E-state index in [1.165, 1.54) is 12.1 Å². The van der Waals surface area contributed by atoms with Crippen molar-refractivity contribution in [2.75, 3.05) is 13.6 Å². The zero-order valence-electron chi connectivity index (χ0n) is 16.1. The fourth-order valence-electron chi connectivity index (χ4n) is 3.64. The van der Waals surface area contributed by atoms with Crippen molar-refractivity contribution in [3.8, 4) is 17.2 Å². The van der Waals surface area contributed by atoms with Gasteiger partial charge < -0.3 is 10.4 Å². The highest BCUT2D eigenvalue weighted by molar-refractivity contribution is 5.87. The lowest BCUT2D eigenvalue weighted by Crippen LogP contribution is -2.49. The third kappa shape index (κ3) is 4.61. The Morgan fingerprint density at radius 1 is 1.31 bits per heavy atom. The molecule has 1 amide bonds. The van der Waals surface area contributed by atoms with Crippen molar-refractivity contribution < 1.29 is 19.1 Å². The molecule has 0 spiro atoms. The standard InChI is InChI=1S/C22H22FN3O3/c1-26-11-3-6-20(26)21(27)25-19(22(28)29)12-14-7-9-15(10-8-14)16-4-2-5-18(23)17(16)13-24/h2,4-5,7-10,19-20H,3,6,11-12H2,1H3,(H,25,27)(H,28,29)/t19-,20-/m0/s1. The fourth-order valence-corrected chi connectivity index (χ4v) is 3.64. The summed E-state index contributed by atoms with van der Waals surface area (Å²) < 4.78 is 13.8. The van der Waals surface area contributed by atoms with E-state index in [-0.39, 0.29) is 23.9 Å². The average Bonchev–Trinajstić information content (AvgIpc) is 3.13. The van der Waals surface area contributed by atoms with Crippen molar-refractivity contribution in [1.29, 1.82) is 5.26 Å². The number of hydrogen-bond acceptors (Lipinski definition) is 4. The molecule has 6 nitrogen and oxygen atoms in total. The molecule has 0 aliphatic carbocycles. The molecule has 1 fully saturated rings. The van der Waals surface area contributed by atoms with Gasteiger partial charge in [0.05, 0.1) is 11.6 Å². The summed E-state index contributed by atoms with van der Waals surface area (Å²) in [6.07, 6.45) is 1.77. The molecule has 3 rings (SSSR count). The van der Waals surface area contributed by atoms with Crippen molar-refractivity contribution in [2.45, 2.75) is 31.3 Å². The number of nitriles is 1. The number of carbonyl (C=O) groups is 2. The number of carboxylic acid groups (broad SMARTS) is 1. The van der Waals surface area contributed by atoms with Crippen LogP contribution in [0.2, 0.25) is 0 Å². The van der Waals surface area contributed by atoms with Crippen LogP contribution in [-0.2, 0) is 16.0 Å². The summed E-state index contributed by atoms with van der Waals surface area (Å²) in [4.78, 5) is 26.0. The van der Waals surface area contributed by atoms with Gasteiger partial charge in [0.1, 0.15) is 17.9 Å². The third-order valence-corrected chi connectivity index (χ3v) is 5.27. The second-order valence-electron chi connectivity index (χ2n) is 7.21. The maximum absolute atomic E-state index is 13.8. The maximum Gasteiger partial charge on any atom is 0.326 e. The van der Waals surface area contributed by atoms with Crippen LogP contribution < -0.4 is 5.32 Å². The second kappa shape index (κ2) is 8.84. The Bertz CT molecular complexity index is 953. The van der Waals surface area contributed by atoms with Gasteiger partial charge in [-0.2, -0.15) is 5.26 Å². The number of carbonyl (C=O) groups excluding carboxylic acids is 1. The Hall–Kier alpha value is -3.24. The molecule has 1 aliphatic heterocycles. The molecule has 0 saturated carbocycles. The number of likely N-dealkylation sites (N-methyl/N-ethyl adjacent to an activating group) is 1. The highest BCUT2D eigenvalue weighted by atomic mass is 19.1. The summed E-state index contributed by atoms with van der Waals surface area (Å²) in [6.45, 7) is 0.821. The lowest BCUT2D eigenvalue weighted by atomic mass is 9.97. The number of amides is 1. The quantitative estimate of drug-likeness (QED) is 0.784. The van der Waals surface area contributed by atoms with E-state index >= 15 is 0 Å². The molecule has 29 heavy (non-hydrogen) atoms. The van der Waals surface area contributed by atoms with Crippen molar-refractivity contribution in [2.24, 2.45) is 0 Å². The minimum atomic E-state index is -1.10. The number of benzene rings is 2. The molecular formula is C22H22FN3O3. The van der Waals surface area contributed by atoms with Gasteiger partial charge in [-0.3, -0.25) is 9.69 Å². The predicted molar refractivity (Wildman–Crippen MR) is 105 cm³/mol. The van der Waals surface area contributed by atoms with E-state index in [0.29, 0.717) is 11.1 Å². The van der Waals surface area contributed by atoms with Gasteiger partial charge in [-0.25, -0.2) is 9.18 Å². The normalized spacial score (nSPS) is 17.5. The van der Waals surface area contributed by atoms with Crippen LogP contribution in [0.25, 0.3) is 11.1 Å². The van der Waals surface area contributed by atoms with Gasteiger partial charge in [-0.1, -0.05) is 36.4 Å². The van der Waals surface area contributed by atoms with Gasteiger partial charge in [-0.15, -0.1) is 0 Å². The molecule has 7 heteroatoms. The van der Waals surface area contributed by atoms with Crippen LogP contribution in [0.5, 0.6) is 0 Å². The minimum absolute atomic E-state index is 0.0309. The van der Waals surface area contributed by atoms with Crippen LogP contribution in [0.1, 0.15) is 24.0 Å². The molecule has 1 aliphatic rings. The minimum Gasteiger partial charge on any atom is -0.480 e. The zero-order valence-corrected chi connectivity index (χ0v) is 16.1. The third-order valence-electron chi connectivity index (χ3n) is 5.27. The van der Waals surface area contributed by atoms with Crippen LogP contribution in [0.3, 0.4) is 0 Å². The molecule has 1 heterocycles. The van der Waals surface area contributed by atoms with Gasteiger partial charge in [-0.05, 0) is 43.6 Å². The van der Waals surface area contributed by atoms with Gasteiger partial charge >= 0.3 is 5.97 Å². The topological polar surface area (TPSA) is 93.4 Å². The first kappa shape index (κ1) is 20.5. The lowest BCUT2D eigenvalue weighted by molar-refractivity contribution is -0.142. The fraction of sp³-hybridized carbons (Fsp3) is 0.318. The smallest absolute Gasteiger partial charge is 0.326 e. The number of likely N-dealkylation sites (tertiary alicyclic amines) is 1. The lowest BCUT2D eigenvalue weighted by Gasteiger charge is -2.22. The maximum atomic E-state index is 13.8. The molecule has 0 radical (unpaired) electrons. The SMILES string of the molecule is CN1CCC[C@H]1C(=O)N[C@@H](Cc1ccc(-c2cccc(F)c2C#N)cc1)C(=O)O. The Morgan fingerprint density at radius 2 is 2.03 bits per heavy atom. The van der Waals surface area contributed by atoms with E-state index in [9.17, 15) is 24.3 Å². The van der Waals surface area contributed by atoms with Crippen LogP contribution >= 0.6 is 0 Å². The molecule has 0 aromatic heterocycles. The van der Waals surface area contributed by atoms with Gasteiger partial charge in [0.2, 0.25) is 5.91 Å². The number of carboxylic acids is 1. The summed E-state index contributed by atoms with van der Waals surface area (Å²) in [5, 5.41) is 21.3. The molecule has 2 aromatic carbocycles. The molecule has 2 N–H and O–H groups in total. The summed E-state index contributed by atoms with van der Waals surface area (Å²) >= 11 is 0. The zero-order chi connectivity index (χ0) is 21.0. The summed E-state index contributed by atoms with van der Waals surface area (Å²) in [5.74, 6) is -1.95. The van der Waals surface area contributed by atoms with Crippen molar-refractivity contribution in [3.05, 3.63) is 59.4 Å². The molecule has 0 bridgehead atoms. The van der Waals surface area contributed by atoms with Crippen molar-refractivity contribution in [3.63, 3.8) is 0 Å². The average molecular weight is 395 g/mol. The highest BCUT2D eigenvalue weighted by Crippen LogP contribution is 2.26. The van der Waals surface area contributed by atoms with E-state index in [1.54, 1.807) is 30.3 Å². The van der Waals surface area contributed by atoms with E-state index < -0.39 is 17.8 Å². The first-order valence-corrected chi connectivity index (χ1v) is 9.42. The van der Waals surface area contributed by atoms with Gasteiger partial charge in [0.15, 0.2) is 0 Å². The Balaban J connectivity index is 1.73. The Morgan fingerprint density at radius 3 is 2.62 bits per heavy atom. The van der Waals surface area contributed by atoms with Crippen LogP contribution in [0.15, 0.2) is 42.5 Å². The van der Waals surface area contributed by atoms with Crippen molar-refractivity contribution in [1.82, 2.24) is 10.2 Å². The molecule has 0 unspecified atom stereocenters. The Labute approximate surface area is 168 Å². The molecule has 150 valence electrons. The molecule has 2 aromatic rings. The first-order valence-electron chi connectivity index (χ1n) is 9.42. The second-order valence-corrected chi connectivity index (χ2v) is 7.21. The van der Waals surface area contributed by atoms with Crippen LogP contribution in [-0.4, -0.2) is 47.6 Å².